The van der Waals surface area contributed by atoms with E-state index in [0.717, 1.165) is 50.3 Å². The molecule has 0 aliphatic heterocycles. The van der Waals surface area contributed by atoms with E-state index in [1.165, 1.54) is 5.69 Å². The van der Waals surface area contributed by atoms with Crippen LogP contribution in [-0.4, -0.2) is 89.9 Å². The molecule has 0 aromatic heterocycles. The van der Waals surface area contributed by atoms with Crippen LogP contribution in [0.2, 0.25) is 0 Å². The summed E-state index contributed by atoms with van der Waals surface area (Å²) < 4.78 is 5.10. The van der Waals surface area contributed by atoms with Crippen LogP contribution in [0.4, 0.5) is 11.4 Å². The van der Waals surface area contributed by atoms with Gasteiger partial charge in [0.05, 0.1) is 13.7 Å². The highest BCUT2D eigenvalue weighted by molar-refractivity contribution is 6.59. The van der Waals surface area contributed by atoms with Crippen LogP contribution in [-0.2, 0) is 0 Å². The molecule has 0 aliphatic rings. The molecule has 0 saturated carbocycles. The minimum atomic E-state index is -1.43. The van der Waals surface area contributed by atoms with Crippen LogP contribution in [0.1, 0.15) is 44.5 Å². The summed E-state index contributed by atoms with van der Waals surface area (Å²) in [7, 11) is 0.0129. The van der Waals surface area contributed by atoms with E-state index < -0.39 is 28.5 Å². The molecule has 8 aromatic rings. The summed E-state index contributed by atoms with van der Waals surface area (Å²) in [6.07, 6.45) is 15.9. The number of hydrogen-bond acceptors (Lipinski definition) is 10. The summed E-state index contributed by atoms with van der Waals surface area (Å²) in [5.74, 6) is 0.832. The maximum absolute atomic E-state index is 9.03. The van der Waals surface area contributed by atoms with E-state index in [4.69, 9.17) is 51.5 Å². The fourth-order valence-corrected chi connectivity index (χ4v) is 6.71. The van der Waals surface area contributed by atoms with Crippen molar-refractivity contribution in [1.29, 1.82) is 0 Å². The predicted molar refractivity (Wildman–Crippen MR) is 314 cm³/mol. The van der Waals surface area contributed by atoms with Crippen LogP contribution < -0.4 is 31.5 Å². The summed E-state index contributed by atoms with van der Waals surface area (Å²) in [6, 6.07) is 61.7. The van der Waals surface area contributed by atoms with Gasteiger partial charge in [-0.1, -0.05) is 225 Å². The molecule has 0 atom stereocenters. The molecule has 374 valence electrons. The van der Waals surface area contributed by atoms with E-state index in [0.29, 0.717) is 27.5 Å². The lowest BCUT2D eigenvalue weighted by Gasteiger charge is -2.11. The van der Waals surface area contributed by atoms with Gasteiger partial charge in [-0.15, -0.1) is 0 Å². The molecule has 0 unspecified atom stereocenters. The van der Waals surface area contributed by atoms with Gasteiger partial charge >= 0.3 is 28.5 Å². The summed E-state index contributed by atoms with van der Waals surface area (Å²) in [6.45, 7) is 6.87. The Morgan fingerprint density at radius 2 is 0.587 bits per heavy atom. The molecule has 0 spiro atoms. The van der Waals surface area contributed by atoms with Crippen LogP contribution >= 0.6 is 0 Å². The molecule has 75 heavy (non-hydrogen) atoms. The van der Waals surface area contributed by atoms with Crippen molar-refractivity contribution in [2.75, 3.05) is 26.1 Å². The fourth-order valence-electron chi connectivity index (χ4n) is 6.71. The summed E-state index contributed by atoms with van der Waals surface area (Å²) in [5, 5.41) is 71.9. The van der Waals surface area contributed by atoms with Crippen molar-refractivity contribution in [2.45, 2.75) is 0 Å². The van der Waals surface area contributed by atoms with Gasteiger partial charge in [0.15, 0.2) is 5.69 Å². The van der Waals surface area contributed by atoms with Gasteiger partial charge in [-0.05, 0) is 90.6 Å². The van der Waals surface area contributed by atoms with Gasteiger partial charge in [0.1, 0.15) is 5.75 Å². The molecule has 0 fully saturated rings. The second-order valence-electron chi connectivity index (χ2n) is 16.9. The first-order valence-electron chi connectivity index (χ1n) is 23.7. The number of hydrogen-bond donors (Lipinski definition) is 8. The number of anilines is 1. The molecule has 0 aliphatic carbocycles. The standard InChI is InChI=1S/C16H18BNO2.C15H12BNO2.C15H15BO3.C14H13BO2/c1-18(2)16-11-7-14(8-12-16)4-3-13-5-9-15(10-6-13)17(19)20;1-17-15-10-6-13(7-11-15)3-2-12-4-8-14(9-5-12)16(18)19;1-19-15-10-6-13(7-11-15)3-2-12-4-8-14(9-5-12)16(17)18;16-15(17)14-10-8-13(9-11-14)7-6-12-4-2-1-3-5-12/h3-12,19-20H,1-2H3;2-11,18-19H;2-11,17-18H,1H3;1-11,16-17H/b4-3+;2*3-2+;7-6+. The third-order valence-electron chi connectivity index (χ3n) is 11.2. The Hall–Kier alpha value is -8.25. The zero-order valence-corrected chi connectivity index (χ0v) is 41.9. The van der Waals surface area contributed by atoms with Crippen LogP contribution in [0, 0.1) is 6.57 Å². The molecule has 0 heterocycles. The molecule has 11 nitrogen and oxygen atoms in total. The van der Waals surface area contributed by atoms with Gasteiger partial charge < -0.3 is 49.8 Å². The zero-order valence-electron chi connectivity index (χ0n) is 41.9. The lowest BCUT2D eigenvalue weighted by atomic mass is 9.80. The van der Waals surface area contributed by atoms with Crippen molar-refractivity contribution in [1.82, 2.24) is 0 Å². The first kappa shape index (κ1) is 57.6. The smallest absolute Gasteiger partial charge is 0.488 e. The Morgan fingerprint density at radius 3 is 0.827 bits per heavy atom. The van der Waals surface area contributed by atoms with Gasteiger partial charge in [0.25, 0.3) is 0 Å². The zero-order chi connectivity index (χ0) is 54.0. The van der Waals surface area contributed by atoms with Crippen molar-refractivity contribution >= 4 is 110 Å². The SMILES string of the molecule is CN(C)c1ccc(/C=C/c2ccc(B(O)O)cc2)cc1.COc1ccc(/C=C/c2ccc(B(O)O)cc2)cc1.OB(O)c1ccc(/C=C/c2ccccc2)cc1.[C-]#[N+]c1ccc(/C=C/c2ccc(B(O)O)cc2)cc1. The lowest BCUT2D eigenvalue weighted by Crippen LogP contribution is -2.29. The van der Waals surface area contributed by atoms with Crippen LogP contribution in [0.15, 0.2) is 200 Å². The molecule has 0 radical (unpaired) electrons. The molecule has 0 saturated heterocycles. The fraction of sp³-hybridized carbons (Fsp3) is 0.0500. The quantitative estimate of drug-likeness (QED) is 0.0330. The summed E-state index contributed by atoms with van der Waals surface area (Å²) >= 11 is 0. The molecule has 8 aromatic carbocycles. The largest absolute Gasteiger partial charge is 0.497 e. The van der Waals surface area contributed by atoms with Crippen molar-refractivity contribution in [3.63, 3.8) is 0 Å². The Kier molecular flexibility index (Phi) is 23.6. The number of nitrogens with zero attached hydrogens (tertiary/aromatic N) is 2. The monoisotopic (exact) mass is 994 g/mol. The number of benzene rings is 8. The van der Waals surface area contributed by atoms with Crippen molar-refractivity contribution < 1.29 is 44.9 Å². The van der Waals surface area contributed by atoms with E-state index in [9.17, 15) is 0 Å². The Morgan fingerprint density at radius 1 is 0.347 bits per heavy atom. The van der Waals surface area contributed by atoms with Gasteiger partial charge in [-0.2, -0.15) is 0 Å². The first-order valence-corrected chi connectivity index (χ1v) is 23.7. The van der Waals surface area contributed by atoms with Gasteiger partial charge in [0, 0.05) is 19.8 Å². The second kappa shape index (κ2) is 30.7. The topological polar surface area (TPSA) is 179 Å². The molecule has 0 bridgehead atoms. The highest BCUT2D eigenvalue weighted by Gasteiger charge is 2.11. The highest BCUT2D eigenvalue weighted by atomic mass is 16.5. The van der Waals surface area contributed by atoms with E-state index in [1.54, 1.807) is 67.8 Å². The molecular formula is C60H58B4N2O9. The third kappa shape index (κ3) is 20.7. The highest BCUT2D eigenvalue weighted by Crippen LogP contribution is 2.17. The Labute approximate surface area is 441 Å². The molecule has 15 heteroatoms. The average molecular weight is 994 g/mol. The molecular weight excluding hydrogens is 936 g/mol. The van der Waals surface area contributed by atoms with Gasteiger partial charge in [-0.25, -0.2) is 4.85 Å². The third-order valence-corrected chi connectivity index (χ3v) is 11.2. The normalized spacial score (nSPS) is 10.6. The van der Waals surface area contributed by atoms with E-state index in [2.05, 4.69) is 34.0 Å². The number of ether oxygens (including phenoxy) is 1. The van der Waals surface area contributed by atoms with Crippen LogP contribution in [0.3, 0.4) is 0 Å². The Balaban J connectivity index is 0.000000185. The number of rotatable bonds is 14. The minimum absolute atomic E-state index is 0.471. The molecule has 8 N–H and O–H groups in total. The maximum Gasteiger partial charge on any atom is 0.488 e. The van der Waals surface area contributed by atoms with E-state index in [1.807, 2.05) is 178 Å². The van der Waals surface area contributed by atoms with Gasteiger partial charge in [-0.3, -0.25) is 0 Å². The number of methoxy groups -OCH3 is 1. The Bertz CT molecular complexity index is 3020. The maximum atomic E-state index is 9.03. The summed E-state index contributed by atoms with van der Waals surface area (Å²) in [5.41, 5.74) is 12.1. The van der Waals surface area contributed by atoms with Crippen molar-refractivity contribution in [2.24, 2.45) is 0 Å². The molecule has 0 amide bonds. The summed E-state index contributed by atoms with van der Waals surface area (Å²) in [4.78, 5) is 5.40. The predicted octanol–water partition coefficient (Wildman–Crippen LogP) is 6.77. The van der Waals surface area contributed by atoms with Gasteiger partial charge in [0.2, 0.25) is 0 Å². The minimum Gasteiger partial charge on any atom is -0.497 e. The van der Waals surface area contributed by atoms with Crippen molar-refractivity contribution in [3.05, 3.63) is 256 Å². The average Bonchev–Trinajstić information content (AvgIpc) is 3.44. The first-order chi connectivity index (χ1) is 36.2. The van der Waals surface area contributed by atoms with E-state index >= 15 is 0 Å². The van der Waals surface area contributed by atoms with Crippen LogP contribution in [0.5, 0.6) is 5.75 Å². The second-order valence-corrected chi connectivity index (χ2v) is 16.9. The lowest BCUT2D eigenvalue weighted by molar-refractivity contribution is 0.414. The van der Waals surface area contributed by atoms with Crippen LogP contribution in [0.25, 0.3) is 53.5 Å². The van der Waals surface area contributed by atoms with E-state index in [-0.39, 0.29) is 0 Å². The van der Waals surface area contributed by atoms with Crippen molar-refractivity contribution in [3.8, 4) is 5.75 Å². The molecule has 8 rings (SSSR count).